The topological polar surface area (TPSA) is 77.8 Å². The largest absolute Gasteiger partial charge is 0.469 e. The van der Waals surface area contributed by atoms with Crippen LogP contribution in [0.2, 0.25) is 0 Å². The van der Waals surface area contributed by atoms with E-state index in [9.17, 15) is 0 Å². The van der Waals surface area contributed by atoms with Gasteiger partial charge in [0.05, 0.1) is 19.5 Å². The predicted molar refractivity (Wildman–Crippen MR) is 145 cm³/mol. The number of nitrogens with zero attached hydrogens (tertiary/aromatic N) is 2. The van der Waals surface area contributed by atoms with E-state index >= 15 is 0 Å². The molecule has 0 aliphatic carbocycles. The molecule has 1 fully saturated rings. The maximum Gasteiger partial charge on any atom is 0.191 e. The summed E-state index contributed by atoms with van der Waals surface area (Å²) >= 11 is 0. The van der Waals surface area contributed by atoms with Crippen LogP contribution in [-0.4, -0.2) is 68.3 Å². The van der Waals surface area contributed by atoms with E-state index < -0.39 is 0 Å². The number of halogens is 1. The molecule has 0 bridgehead atoms. The number of morpholine rings is 1. The molecule has 0 spiro atoms. The number of aromatic nitrogens is 1. The van der Waals surface area contributed by atoms with Gasteiger partial charge in [-0.1, -0.05) is 18.2 Å². The predicted octanol–water partition coefficient (Wildman–Crippen LogP) is 3.73. The number of nitrogens with one attached hydrogen (secondary N) is 3. The summed E-state index contributed by atoms with van der Waals surface area (Å²) in [6, 6.07) is 12.4. The van der Waals surface area contributed by atoms with Gasteiger partial charge in [0.25, 0.3) is 0 Å². The Morgan fingerprint density at radius 3 is 2.64 bits per heavy atom. The summed E-state index contributed by atoms with van der Waals surface area (Å²) < 4.78 is 10.9. The van der Waals surface area contributed by atoms with Crippen molar-refractivity contribution in [3.05, 3.63) is 59.7 Å². The van der Waals surface area contributed by atoms with E-state index in [4.69, 9.17) is 14.1 Å². The van der Waals surface area contributed by atoms with Crippen LogP contribution in [0.4, 0.5) is 0 Å². The minimum absolute atomic E-state index is 0. The number of benzene rings is 1. The molecule has 1 saturated heterocycles. The van der Waals surface area contributed by atoms with Crippen LogP contribution in [0.25, 0.3) is 10.9 Å². The summed E-state index contributed by atoms with van der Waals surface area (Å²) in [5.41, 5.74) is 3.81. The molecule has 0 amide bonds. The van der Waals surface area contributed by atoms with E-state index in [-0.39, 0.29) is 24.0 Å². The molecular weight excluding hydrogens is 529 g/mol. The summed E-state index contributed by atoms with van der Waals surface area (Å²) in [4.78, 5) is 10.8. The Balaban J connectivity index is 0.00000306. The zero-order valence-corrected chi connectivity index (χ0v) is 21.8. The minimum Gasteiger partial charge on any atom is -0.469 e. The Labute approximate surface area is 213 Å². The van der Waals surface area contributed by atoms with Gasteiger partial charge in [-0.2, -0.15) is 0 Å². The molecule has 0 unspecified atom stereocenters. The van der Waals surface area contributed by atoms with Crippen molar-refractivity contribution in [1.82, 2.24) is 20.5 Å². The molecule has 3 N–H and O–H groups in total. The van der Waals surface area contributed by atoms with E-state index in [0.717, 1.165) is 83.5 Å². The molecule has 1 aromatic carbocycles. The normalized spacial score (nSPS) is 14.9. The molecule has 3 aromatic rings. The van der Waals surface area contributed by atoms with E-state index in [1.807, 2.05) is 12.1 Å². The summed E-state index contributed by atoms with van der Waals surface area (Å²) in [5, 5.41) is 8.30. The van der Waals surface area contributed by atoms with E-state index in [1.165, 1.54) is 22.2 Å². The van der Waals surface area contributed by atoms with Crippen LogP contribution in [0.1, 0.15) is 23.4 Å². The van der Waals surface area contributed by atoms with Crippen LogP contribution in [-0.2, 0) is 17.6 Å². The first kappa shape index (κ1) is 25.6. The third kappa shape index (κ3) is 7.75. The van der Waals surface area contributed by atoms with Gasteiger partial charge in [-0.3, -0.25) is 9.89 Å². The molecule has 3 heterocycles. The van der Waals surface area contributed by atoms with Gasteiger partial charge in [-0.05, 0) is 43.5 Å². The van der Waals surface area contributed by atoms with Gasteiger partial charge >= 0.3 is 0 Å². The van der Waals surface area contributed by atoms with Crippen molar-refractivity contribution in [1.29, 1.82) is 0 Å². The number of furan rings is 1. The molecule has 2 aromatic heterocycles. The van der Waals surface area contributed by atoms with Crippen LogP contribution in [0.3, 0.4) is 0 Å². The Kier molecular flexibility index (Phi) is 10.6. The molecule has 8 heteroatoms. The van der Waals surface area contributed by atoms with Crippen LogP contribution >= 0.6 is 24.0 Å². The lowest BCUT2D eigenvalue weighted by molar-refractivity contribution is 0.0377. The Bertz CT molecular complexity index is 980. The van der Waals surface area contributed by atoms with Gasteiger partial charge < -0.3 is 24.8 Å². The van der Waals surface area contributed by atoms with Crippen LogP contribution in [0, 0.1) is 6.92 Å². The van der Waals surface area contributed by atoms with Gasteiger partial charge in [0.2, 0.25) is 0 Å². The number of aryl methyl sites for hydroxylation is 1. The number of para-hydroxylation sites is 1. The van der Waals surface area contributed by atoms with E-state index in [1.54, 1.807) is 6.26 Å². The fourth-order valence-electron chi connectivity index (χ4n) is 4.21. The average molecular weight is 566 g/mol. The number of aromatic amines is 1. The maximum absolute atomic E-state index is 5.45. The van der Waals surface area contributed by atoms with Gasteiger partial charge in [0.15, 0.2) is 5.96 Å². The molecule has 0 atom stereocenters. The number of guanidine groups is 1. The molecule has 0 saturated carbocycles. The molecule has 4 rings (SSSR count). The van der Waals surface area contributed by atoms with Gasteiger partial charge in [0.1, 0.15) is 5.76 Å². The number of fused-ring (bicyclic) bond motifs is 1. The second-order valence-corrected chi connectivity index (χ2v) is 8.24. The molecule has 1 aliphatic heterocycles. The molecule has 1 aliphatic rings. The highest BCUT2D eigenvalue weighted by atomic mass is 127. The number of aliphatic imine (C=N–C) groups is 1. The third-order valence-electron chi connectivity index (χ3n) is 5.94. The van der Waals surface area contributed by atoms with Crippen molar-refractivity contribution >= 4 is 40.8 Å². The van der Waals surface area contributed by atoms with Crippen molar-refractivity contribution in [3.63, 3.8) is 0 Å². The SMILES string of the molecule is Cc1[nH]c2ccccc2c1CCNC(=NCCCN1CCOCC1)NCCc1ccco1.I. The Morgan fingerprint density at radius 2 is 1.85 bits per heavy atom. The second-order valence-electron chi connectivity index (χ2n) is 8.24. The lowest BCUT2D eigenvalue weighted by atomic mass is 10.1. The summed E-state index contributed by atoms with van der Waals surface area (Å²) in [7, 11) is 0. The standard InChI is InChI=1S/C25H35N5O2.HI/c1-20-22(23-7-2-3-8-24(23)29-20)10-13-28-25(27-12-9-21-6-4-17-32-21)26-11-5-14-30-15-18-31-19-16-30;/h2-4,6-8,17,29H,5,9-16,18-19H2,1H3,(H2,26,27,28);1H. The number of hydrogen-bond donors (Lipinski definition) is 3. The van der Waals surface area contributed by atoms with E-state index in [0.29, 0.717) is 0 Å². The number of H-pyrrole nitrogens is 1. The maximum atomic E-state index is 5.45. The lowest BCUT2D eigenvalue weighted by Gasteiger charge is -2.26. The minimum atomic E-state index is 0. The molecule has 33 heavy (non-hydrogen) atoms. The third-order valence-corrected chi connectivity index (χ3v) is 5.94. The Morgan fingerprint density at radius 1 is 1.06 bits per heavy atom. The van der Waals surface area contributed by atoms with E-state index in [2.05, 4.69) is 51.7 Å². The van der Waals surface area contributed by atoms with Crippen molar-refractivity contribution in [3.8, 4) is 0 Å². The van der Waals surface area contributed by atoms with Crippen LogP contribution in [0.5, 0.6) is 0 Å². The monoisotopic (exact) mass is 565 g/mol. The number of rotatable bonds is 10. The summed E-state index contributed by atoms with van der Waals surface area (Å²) in [5.74, 6) is 1.86. The Hall–Kier alpha value is -2.04. The number of hydrogen-bond acceptors (Lipinski definition) is 4. The smallest absolute Gasteiger partial charge is 0.191 e. The summed E-state index contributed by atoms with van der Waals surface area (Å²) in [6.45, 7) is 9.39. The van der Waals surface area contributed by atoms with Gasteiger partial charge in [0, 0.05) is 62.3 Å². The zero-order chi connectivity index (χ0) is 22.0. The van der Waals surface area contributed by atoms with Crippen molar-refractivity contribution < 1.29 is 9.15 Å². The first-order chi connectivity index (χ1) is 15.8. The first-order valence-corrected chi connectivity index (χ1v) is 11.7. The van der Waals surface area contributed by atoms with Crippen molar-refractivity contribution in [2.24, 2.45) is 4.99 Å². The second kappa shape index (κ2) is 13.6. The quantitative estimate of drug-likeness (QED) is 0.151. The highest BCUT2D eigenvalue weighted by molar-refractivity contribution is 14.0. The number of ether oxygens (including phenoxy) is 1. The fourth-order valence-corrected chi connectivity index (χ4v) is 4.21. The van der Waals surface area contributed by atoms with Crippen LogP contribution < -0.4 is 10.6 Å². The van der Waals surface area contributed by atoms with Crippen molar-refractivity contribution in [2.45, 2.75) is 26.2 Å². The van der Waals surface area contributed by atoms with Crippen LogP contribution in [0.15, 0.2) is 52.1 Å². The molecule has 7 nitrogen and oxygen atoms in total. The molecule has 0 radical (unpaired) electrons. The summed E-state index contributed by atoms with van der Waals surface area (Å²) in [6.07, 6.45) is 4.55. The van der Waals surface area contributed by atoms with Crippen molar-refractivity contribution in [2.75, 3.05) is 52.5 Å². The average Bonchev–Trinajstić information content (AvgIpc) is 3.44. The fraction of sp³-hybridized carbons (Fsp3) is 0.480. The lowest BCUT2D eigenvalue weighted by Crippen LogP contribution is -2.40. The molecule has 180 valence electrons. The van der Waals surface area contributed by atoms with Gasteiger partial charge in [-0.15, -0.1) is 24.0 Å². The highest BCUT2D eigenvalue weighted by Crippen LogP contribution is 2.21. The molecular formula is C25H36IN5O2. The van der Waals surface area contributed by atoms with Gasteiger partial charge in [-0.25, -0.2) is 0 Å². The highest BCUT2D eigenvalue weighted by Gasteiger charge is 2.10. The first-order valence-electron chi connectivity index (χ1n) is 11.7. The zero-order valence-electron chi connectivity index (χ0n) is 19.4.